The van der Waals surface area contributed by atoms with E-state index >= 15 is 0 Å². The fraction of sp³-hybridized carbons (Fsp3) is 0. The van der Waals surface area contributed by atoms with Gasteiger partial charge in [0.2, 0.25) is 0 Å². The first-order valence-electron chi connectivity index (χ1n) is 2.06. The third kappa shape index (κ3) is 5.32. The SMILES string of the molecule is O=I/C=C(\C(=O)O)S(=O)(=O)O.[H-].[Na+]. The molecule has 0 atom stereocenters. The Morgan fingerprint density at radius 3 is 2.00 bits per heavy atom. The molecule has 0 fully saturated rings. The summed E-state index contributed by atoms with van der Waals surface area (Å²) in [5.41, 5.74) is 0. The summed E-state index contributed by atoms with van der Waals surface area (Å²) in [5, 5.41) is 8.11. The van der Waals surface area contributed by atoms with Crippen molar-refractivity contribution in [1.29, 1.82) is 0 Å². The molecule has 12 heavy (non-hydrogen) atoms. The molecular weight excluding hydrogens is 314 g/mol. The molecule has 2 N–H and O–H groups in total. The summed E-state index contributed by atoms with van der Waals surface area (Å²) in [5.74, 6) is -1.82. The molecule has 66 valence electrons. The first kappa shape index (κ1) is 15.1. The summed E-state index contributed by atoms with van der Waals surface area (Å²) in [7, 11) is -4.74. The molecule has 0 aliphatic heterocycles. The summed E-state index contributed by atoms with van der Waals surface area (Å²) in [4.78, 5) is 8.77. The van der Waals surface area contributed by atoms with E-state index in [0.717, 1.165) is 0 Å². The molecule has 0 rings (SSSR count). The Kier molecular flexibility index (Phi) is 7.77. The van der Waals surface area contributed by atoms with E-state index in [0.29, 0.717) is 4.08 Å². The van der Waals surface area contributed by atoms with Crippen LogP contribution in [0.4, 0.5) is 0 Å². The fourth-order valence-electron chi connectivity index (χ4n) is 0.254. The van der Waals surface area contributed by atoms with E-state index in [2.05, 4.69) is 0 Å². The molecule has 0 aliphatic rings. The van der Waals surface area contributed by atoms with Gasteiger partial charge >= 0.3 is 45.6 Å². The Morgan fingerprint density at radius 1 is 1.50 bits per heavy atom. The maximum atomic E-state index is 10.1. The first-order chi connectivity index (χ1) is 4.89. The molecule has 6 nitrogen and oxygen atoms in total. The molecule has 0 aromatic rings. The minimum absolute atomic E-state index is 0. The molecule has 0 aromatic carbocycles. The Hall–Kier alpha value is 0.650. The zero-order chi connectivity index (χ0) is 9.07. The van der Waals surface area contributed by atoms with Gasteiger partial charge in [-0.3, -0.25) is 7.62 Å². The zero-order valence-electron chi connectivity index (χ0n) is 6.89. The quantitative estimate of drug-likeness (QED) is 0.252. The fourth-order valence-corrected chi connectivity index (χ4v) is 2.29. The third-order valence-corrected chi connectivity index (χ3v) is 2.78. The van der Waals surface area contributed by atoms with Crippen LogP contribution >= 0.6 is 21.2 Å². The average molecular weight is 318 g/mol. The summed E-state index contributed by atoms with van der Waals surface area (Å²) in [6, 6.07) is 0. The van der Waals surface area contributed by atoms with Crippen LogP contribution in [0, 0.1) is 0 Å². The predicted octanol–water partition coefficient (Wildman–Crippen LogP) is -2.77. The van der Waals surface area contributed by atoms with Crippen LogP contribution in [0.2, 0.25) is 0 Å². The molecule has 0 radical (unpaired) electrons. The van der Waals surface area contributed by atoms with Gasteiger partial charge in [-0.2, -0.15) is 8.42 Å². The van der Waals surface area contributed by atoms with E-state index in [1.165, 1.54) is 0 Å². The van der Waals surface area contributed by atoms with Gasteiger partial charge in [0, 0.05) is 4.08 Å². The molecule has 0 saturated carbocycles. The average Bonchev–Trinajstić information content (AvgIpc) is 1.79. The van der Waals surface area contributed by atoms with Gasteiger partial charge in [0.25, 0.3) is 0 Å². The first-order valence-corrected chi connectivity index (χ1v) is 5.63. The van der Waals surface area contributed by atoms with Crippen molar-refractivity contribution in [3.63, 3.8) is 0 Å². The molecule has 0 spiro atoms. The standard InChI is InChI=1S/C3H3IO6S.Na.H/c5-3(6)2(1-4-7)11(8,9)10;;/h1H,(H,5,6)(H,8,9,10);;/q;+1;-1/b2-1+;;. The van der Waals surface area contributed by atoms with E-state index in [1.807, 2.05) is 0 Å². The minimum atomic E-state index is -4.74. The van der Waals surface area contributed by atoms with Crippen molar-refractivity contribution in [3.05, 3.63) is 8.99 Å². The van der Waals surface area contributed by atoms with Gasteiger partial charge in [0.15, 0.2) is 26.1 Å². The van der Waals surface area contributed by atoms with Crippen molar-refractivity contribution >= 4 is 37.3 Å². The number of carboxylic acids is 1. The number of carbonyl (C=O) groups is 1. The topological polar surface area (TPSA) is 109 Å². The molecule has 0 aromatic heterocycles. The van der Waals surface area contributed by atoms with Crippen molar-refractivity contribution in [2.24, 2.45) is 0 Å². The number of aliphatic carboxylic acids is 1. The van der Waals surface area contributed by atoms with Gasteiger partial charge in [-0.05, 0) is 0 Å². The molecular formula is C3H4INaO6S. The van der Waals surface area contributed by atoms with Crippen molar-refractivity contribution < 1.29 is 56.9 Å². The summed E-state index contributed by atoms with van der Waals surface area (Å²) in [6.45, 7) is 0. The van der Waals surface area contributed by atoms with E-state index in [1.54, 1.807) is 0 Å². The van der Waals surface area contributed by atoms with Gasteiger partial charge in [-0.15, -0.1) is 0 Å². The molecule has 9 heteroatoms. The van der Waals surface area contributed by atoms with Gasteiger partial charge in [0.05, 0.1) is 0 Å². The van der Waals surface area contributed by atoms with Crippen LogP contribution in [0.15, 0.2) is 8.99 Å². The van der Waals surface area contributed by atoms with Crippen LogP contribution in [0.25, 0.3) is 0 Å². The van der Waals surface area contributed by atoms with Gasteiger partial charge in [-0.1, -0.05) is 0 Å². The molecule has 0 heterocycles. The van der Waals surface area contributed by atoms with Crippen molar-refractivity contribution in [3.8, 4) is 0 Å². The smallest absolute Gasteiger partial charge is 1.00 e. The number of carboxylic acid groups (broad SMARTS) is 1. The van der Waals surface area contributed by atoms with Crippen LogP contribution in [-0.2, 0) is 18.0 Å². The normalized spacial score (nSPS) is 11.9. The number of hydrogen-bond acceptors (Lipinski definition) is 4. The second kappa shape index (κ2) is 6.16. The minimum Gasteiger partial charge on any atom is -1.00 e. The van der Waals surface area contributed by atoms with Crippen molar-refractivity contribution in [2.45, 2.75) is 0 Å². The second-order valence-electron chi connectivity index (χ2n) is 1.34. The number of halogens is 1. The second-order valence-corrected chi connectivity index (χ2v) is 3.86. The van der Waals surface area contributed by atoms with Crippen LogP contribution in [0.3, 0.4) is 0 Å². The number of rotatable bonds is 3. The third-order valence-electron chi connectivity index (χ3n) is 0.632. The molecule has 0 saturated heterocycles. The predicted molar refractivity (Wildman–Crippen MR) is 43.1 cm³/mol. The van der Waals surface area contributed by atoms with E-state index in [9.17, 15) is 16.3 Å². The van der Waals surface area contributed by atoms with Gasteiger partial charge in [-0.25, -0.2) is 4.79 Å². The van der Waals surface area contributed by atoms with E-state index in [-0.39, 0.29) is 31.0 Å². The van der Waals surface area contributed by atoms with Crippen LogP contribution < -0.4 is 29.6 Å². The molecule has 0 bridgehead atoms. The Labute approximate surface area is 102 Å². The molecule has 0 unspecified atom stereocenters. The molecule has 0 aliphatic carbocycles. The maximum Gasteiger partial charge on any atom is 1.00 e. The van der Waals surface area contributed by atoms with E-state index in [4.69, 9.17) is 9.66 Å². The monoisotopic (exact) mass is 318 g/mol. The van der Waals surface area contributed by atoms with Crippen LogP contribution in [0.1, 0.15) is 1.43 Å². The Balaban J connectivity index is -0.000000500. The molecule has 0 amide bonds. The summed E-state index contributed by atoms with van der Waals surface area (Å²) in [6.07, 6.45) is 0. The van der Waals surface area contributed by atoms with Gasteiger partial charge < -0.3 is 6.53 Å². The Bertz CT molecular complexity index is 310. The number of hydrogen-bond donors (Lipinski definition) is 2. The Morgan fingerprint density at radius 2 is 1.92 bits per heavy atom. The van der Waals surface area contributed by atoms with Crippen molar-refractivity contribution in [2.75, 3.05) is 0 Å². The summed E-state index contributed by atoms with van der Waals surface area (Å²) >= 11 is -1.86. The summed E-state index contributed by atoms with van der Waals surface area (Å²) < 4.78 is 38.8. The van der Waals surface area contributed by atoms with E-state index < -0.39 is 42.2 Å². The van der Waals surface area contributed by atoms with Crippen LogP contribution in [-0.4, -0.2) is 24.0 Å². The van der Waals surface area contributed by atoms with Crippen molar-refractivity contribution in [1.82, 2.24) is 0 Å². The van der Waals surface area contributed by atoms with Crippen LogP contribution in [0.5, 0.6) is 0 Å². The van der Waals surface area contributed by atoms with Gasteiger partial charge in [0.1, 0.15) is 0 Å². The zero-order valence-corrected chi connectivity index (χ0v) is 10.9. The maximum absolute atomic E-state index is 10.1. The largest absolute Gasteiger partial charge is 1.00 e.